The summed E-state index contributed by atoms with van der Waals surface area (Å²) in [7, 11) is 3.32. The van der Waals surface area contributed by atoms with Gasteiger partial charge in [-0.15, -0.1) is 0 Å². The predicted octanol–water partition coefficient (Wildman–Crippen LogP) is 4.95. The van der Waals surface area contributed by atoms with Crippen LogP contribution in [-0.2, 0) is 11.3 Å². The van der Waals surface area contributed by atoms with Gasteiger partial charge in [0.15, 0.2) is 0 Å². The summed E-state index contributed by atoms with van der Waals surface area (Å²) in [6.07, 6.45) is 0.834. The van der Waals surface area contributed by atoms with Gasteiger partial charge in [0.1, 0.15) is 11.5 Å². The normalized spacial score (nSPS) is 18.7. The monoisotopic (exact) mass is 430 g/mol. The van der Waals surface area contributed by atoms with Crippen molar-refractivity contribution in [3.8, 4) is 11.5 Å². The highest BCUT2D eigenvalue weighted by Gasteiger charge is 2.32. The fourth-order valence-electron chi connectivity index (χ4n) is 4.46. The molecule has 0 radical (unpaired) electrons. The molecule has 1 fully saturated rings. The van der Waals surface area contributed by atoms with E-state index in [2.05, 4.69) is 34.5 Å². The van der Waals surface area contributed by atoms with Crippen molar-refractivity contribution in [2.24, 2.45) is 5.92 Å². The van der Waals surface area contributed by atoms with Gasteiger partial charge < -0.3 is 14.8 Å². The van der Waals surface area contributed by atoms with Gasteiger partial charge in [-0.3, -0.25) is 9.69 Å². The second-order valence-corrected chi connectivity index (χ2v) is 8.31. The van der Waals surface area contributed by atoms with Gasteiger partial charge in [0.2, 0.25) is 5.91 Å². The van der Waals surface area contributed by atoms with E-state index >= 15 is 0 Å². The summed E-state index contributed by atoms with van der Waals surface area (Å²) in [5.74, 6) is 1.82. The van der Waals surface area contributed by atoms with Gasteiger partial charge in [-0.2, -0.15) is 0 Å². The van der Waals surface area contributed by atoms with Gasteiger partial charge >= 0.3 is 0 Å². The molecular weight excluding hydrogens is 400 g/mol. The van der Waals surface area contributed by atoms with E-state index in [0.717, 1.165) is 42.3 Å². The van der Waals surface area contributed by atoms with Gasteiger partial charge in [-0.1, -0.05) is 48.5 Å². The van der Waals surface area contributed by atoms with Crippen LogP contribution in [0.15, 0.2) is 78.9 Å². The van der Waals surface area contributed by atoms with Crippen molar-refractivity contribution in [1.82, 2.24) is 4.90 Å². The quantitative estimate of drug-likeness (QED) is 0.576. The number of rotatable bonds is 7. The maximum atomic E-state index is 13.2. The highest BCUT2D eigenvalue weighted by atomic mass is 16.5. The summed E-state index contributed by atoms with van der Waals surface area (Å²) < 4.78 is 10.9. The number of piperidine rings is 1. The molecule has 1 heterocycles. The fraction of sp³-hybridized carbons (Fsp3) is 0.296. The zero-order valence-electron chi connectivity index (χ0n) is 18.7. The zero-order valence-corrected chi connectivity index (χ0v) is 18.7. The Balaban J connectivity index is 1.55. The number of amides is 1. The second kappa shape index (κ2) is 10.3. The Hall–Kier alpha value is -3.31. The first kappa shape index (κ1) is 21.9. The van der Waals surface area contributed by atoms with Crippen LogP contribution in [0.5, 0.6) is 11.5 Å². The predicted molar refractivity (Wildman–Crippen MR) is 127 cm³/mol. The van der Waals surface area contributed by atoms with Gasteiger partial charge in [0, 0.05) is 31.4 Å². The van der Waals surface area contributed by atoms with E-state index in [1.54, 1.807) is 14.2 Å². The lowest BCUT2D eigenvalue weighted by Crippen LogP contribution is -2.43. The average molecular weight is 431 g/mol. The van der Waals surface area contributed by atoms with Crippen LogP contribution in [0.4, 0.5) is 5.69 Å². The largest absolute Gasteiger partial charge is 0.497 e. The van der Waals surface area contributed by atoms with Gasteiger partial charge in [-0.05, 0) is 47.7 Å². The van der Waals surface area contributed by atoms with Crippen molar-refractivity contribution in [1.29, 1.82) is 0 Å². The molecule has 0 spiro atoms. The number of hydrogen-bond acceptors (Lipinski definition) is 4. The zero-order chi connectivity index (χ0) is 22.3. The smallest absolute Gasteiger partial charge is 0.228 e. The number of carbonyl (C=O) groups is 1. The van der Waals surface area contributed by atoms with E-state index < -0.39 is 0 Å². The van der Waals surface area contributed by atoms with Crippen molar-refractivity contribution < 1.29 is 14.3 Å². The minimum atomic E-state index is -0.0957. The topological polar surface area (TPSA) is 50.8 Å². The number of anilines is 1. The van der Waals surface area contributed by atoms with E-state index in [-0.39, 0.29) is 11.8 Å². The number of likely N-dealkylation sites (tertiary alicyclic amines) is 1. The molecule has 166 valence electrons. The minimum Gasteiger partial charge on any atom is -0.497 e. The van der Waals surface area contributed by atoms with Crippen molar-refractivity contribution in [3.63, 3.8) is 0 Å². The SMILES string of the molecule is COc1cc(CN2CC(C(=O)Nc3ccccc3)CC(c3ccccc3)C2)cc(OC)c1. The molecule has 1 N–H and O–H groups in total. The molecule has 1 aliphatic rings. The maximum absolute atomic E-state index is 13.2. The fourth-order valence-corrected chi connectivity index (χ4v) is 4.46. The molecule has 4 rings (SSSR count). The molecule has 3 aromatic rings. The second-order valence-electron chi connectivity index (χ2n) is 8.31. The van der Waals surface area contributed by atoms with Crippen LogP contribution in [0.25, 0.3) is 0 Å². The lowest BCUT2D eigenvalue weighted by atomic mass is 9.84. The molecule has 0 aromatic heterocycles. The van der Waals surface area contributed by atoms with Gasteiger partial charge in [-0.25, -0.2) is 0 Å². The maximum Gasteiger partial charge on any atom is 0.228 e. The van der Waals surface area contributed by atoms with Crippen LogP contribution in [0.2, 0.25) is 0 Å². The Morgan fingerprint density at radius 3 is 2.16 bits per heavy atom. The molecule has 1 aliphatic heterocycles. The number of ether oxygens (including phenoxy) is 2. The standard InChI is InChI=1S/C27H30N2O3/c1-31-25-13-20(14-26(16-25)32-2)17-29-18-22(21-9-5-3-6-10-21)15-23(19-29)27(30)28-24-11-7-4-8-12-24/h3-14,16,22-23H,15,17-19H2,1-2H3,(H,28,30). The number of nitrogens with zero attached hydrogens (tertiary/aromatic N) is 1. The van der Waals surface area contributed by atoms with Crippen molar-refractivity contribution >= 4 is 11.6 Å². The molecular formula is C27H30N2O3. The molecule has 0 aliphatic carbocycles. The third-order valence-electron chi connectivity index (χ3n) is 6.03. The Morgan fingerprint density at radius 1 is 0.906 bits per heavy atom. The van der Waals surface area contributed by atoms with E-state index in [4.69, 9.17) is 9.47 Å². The summed E-state index contributed by atoms with van der Waals surface area (Å²) in [5, 5.41) is 3.10. The van der Waals surface area contributed by atoms with Gasteiger partial charge in [0.05, 0.1) is 20.1 Å². The van der Waals surface area contributed by atoms with Crippen LogP contribution in [0, 0.1) is 5.92 Å². The highest BCUT2D eigenvalue weighted by Crippen LogP contribution is 2.33. The first-order valence-corrected chi connectivity index (χ1v) is 11.0. The summed E-state index contributed by atoms with van der Waals surface area (Å²) in [6, 6.07) is 26.1. The van der Waals surface area contributed by atoms with Gasteiger partial charge in [0.25, 0.3) is 0 Å². The number of nitrogens with one attached hydrogen (secondary N) is 1. The van der Waals surface area contributed by atoms with Crippen molar-refractivity contribution in [2.75, 3.05) is 32.6 Å². The molecule has 3 aromatic carbocycles. The highest BCUT2D eigenvalue weighted by molar-refractivity contribution is 5.92. The van der Waals surface area contributed by atoms with Crippen LogP contribution in [0.1, 0.15) is 23.5 Å². The van der Waals surface area contributed by atoms with E-state index in [1.807, 2.05) is 54.6 Å². The van der Waals surface area contributed by atoms with E-state index in [9.17, 15) is 4.79 Å². The lowest BCUT2D eigenvalue weighted by molar-refractivity contribution is -0.121. The Kier molecular flexibility index (Phi) is 7.07. The molecule has 2 atom stereocenters. The molecule has 1 saturated heterocycles. The Bertz CT molecular complexity index is 1000. The van der Waals surface area contributed by atoms with E-state index in [1.165, 1.54) is 5.56 Å². The number of hydrogen-bond donors (Lipinski definition) is 1. The van der Waals surface area contributed by atoms with Crippen LogP contribution in [-0.4, -0.2) is 38.1 Å². The Morgan fingerprint density at radius 2 is 1.53 bits per heavy atom. The van der Waals surface area contributed by atoms with Crippen LogP contribution >= 0.6 is 0 Å². The summed E-state index contributed by atoms with van der Waals surface area (Å²) in [6.45, 7) is 2.34. The summed E-state index contributed by atoms with van der Waals surface area (Å²) in [5.41, 5.74) is 3.22. The first-order valence-electron chi connectivity index (χ1n) is 11.0. The first-order chi connectivity index (χ1) is 15.6. The van der Waals surface area contributed by atoms with Crippen LogP contribution < -0.4 is 14.8 Å². The number of carbonyl (C=O) groups excluding carboxylic acids is 1. The summed E-state index contributed by atoms with van der Waals surface area (Å²) >= 11 is 0. The minimum absolute atomic E-state index is 0.0741. The number of para-hydroxylation sites is 1. The van der Waals surface area contributed by atoms with E-state index in [0.29, 0.717) is 12.5 Å². The molecule has 0 saturated carbocycles. The van der Waals surface area contributed by atoms with Crippen molar-refractivity contribution in [3.05, 3.63) is 90.0 Å². The molecule has 0 bridgehead atoms. The third-order valence-corrected chi connectivity index (χ3v) is 6.03. The van der Waals surface area contributed by atoms with Crippen molar-refractivity contribution in [2.45, 2.75) is 18.9 Å². The lowest BCUT2D eigenvalue weighted by Gasteiger charge is -2.37. The Labute approximate surface area is 190 Å². The molecule has 5 nitrogen and oxygen atoms in total. The molecule has 2 unspecified atom stereocenters. The molecule has 5 heteroatoms. The molecule has 1 amide bonds. The number of benzene rings is 3. The summed E-state index contributed by atoms with van der Waals surface area (Å²) in [4.78, 5) is 15.5. The molecule has 32 heavy (non-hydrogen) atoms. The average Bonchev–Trinajstić information content (AvgIpc) is 2.84. The number of methoxy groups -OCH3 is 2. The van der Waals surface area contributed by atoms with Crippen LogP contribution in [0.3, 0.4) is 0 Å². The third kappa shape index (κ3) is 5.48.